The van der Waals surface area contributed by atoms with E-state index >= 15 is 0 Å². The SMILES string of the molecule is CN(C)C(=O)N1C[C@H]2CN(Cc3ccccc3C(=O)O)C[C@H]2[C@@H]1c1cccc(F)c1. The third-order valence-corrected chi connectivity index (χ3v) is 6.20. The minimum atomic E-state index is -0.926. The van der Waals surface area contributed by atoms with Gasteiger partial charge in [-0.25, -0.2) is 14.0 Å². The van der Waals surface area contributed by atoms with Crippen LogP contribution in [0.3, 0.4) is 0 Å². The Labute approximate surface area is 175 Å². The number of carboxylic acid groups (broad SMARTS) is 1. The van der Waals surface area contributed by atoms with Gasteiger partial charge in [-0.1, -0.05) is 30.3 Å². The minimum absolute atomic E-state index is 0.0681. The number of amides is 2. The lowest BCUT2D eigenvalue weighted by atomic mass is 9.89. The smallest absolute Gasteiger partial charge is 0.336 e. The van der Waals surface area contributed by atoms with Crippen LogP contribution in [0.4, 0.5) is 9.18 Å². The second-order valence-electron chi connectivity index (χ2n) is 8.41. The summed E-state index contributed by atoms with van der Waals surface area (Å²) in [5.41, 5.74) is 1.92. The van der Waals surface area contributed by atoms with Gasteiger partial charge in [-0.15, -0.1) is 0 Å². The van der Waals surface area contributed by atoms with E-state index in [-0.39, 0.29) is 29.7 Å². The van der Waals surface area contributed by atoms with Crippen LogP contribution in [0.1, 0.15) is 27.5 Å². The molecule has 0 bridgehead atoms. The minimum Gasteiger partial charge on any atom is -0.478 e. The molecule has 0 saturated carbocycles. The van der Waals surface area contributed by atoms with Gasteiger partial charge in [0.2, 0.25) is 0 Å². The normalized spacial score (nSPS) is 23.4. The molecule has 0 radical (unpaired) electrons. The lowest BCUT2D eigenvalue weighted by Crippen LogP contribution is -2.41. The number of carbonyl (C=O) groups is 2. The molecule has 2 aliphatic heterocycles. The van der Waals surface area contributed by atoms with Crippen molar-refractivity contribution in [2.45, 2.75) is 12.6 Å². The lowest BCUT2D eigenvalue weighted by Gasteiger charge is -2.32. The van der Waals surface area contributed by atoms with Crippen LogP contribution in [0.15, 0.2) is 48.5 Å². The molecule has 7 heteroatoms. The zero-order valence-corrected chi connectivity index (χ0v) is 17.2. The number of carboxylic acids is 1. The number of benzene rings is 2. The van der Waals surface area contributed by atoms with Gasteiger partial charge >= 0.3 is 12.0 Å². The molecule has 1 N–H and O–H groups in total. The van der Waals surface area contributed by atoms with Crippen LogP contribution in [-0.2, 0) is 6.54 Å². The van der Waals surface area contributed by atoms with Gasteiger partial charge in [-0.05, 0) is 35.2 Å². The number of halogens is 1. The maximum absolute atomic E-state index is 14.0. The summed E-state index contributed by atoms with van der Waals surface area (Å²) in [4.78, 5) is 30.0. The van der Waals surface area contributed by atoms with Gasteiger partial charge in [0, 0.05) is 46.2 Å². The van der Waals surface area contributed by atoms with Crippen LogP contribution in [0.25, 0.3) is 0 Å². The fraction of sp³-hybridized carbons (Fsp3) is 0.391. The summed E-state index contributed by atoms with van der Waals surface area (Å²) in [6.45, 7) is 2.67. The molecule has 0 spiro atoms. The second kappa shape index (κ2) is 8.07. The first-order chi connectivity index (χ1) is 14.3. The zero-order chi connectivity index (χ0) is 21.4. The topological polar surface area (TPSA) is 64.1 Å². The Morgan fingerprint density at radius 1 is 1.10 bits per heavy atom. The van der Waals surface area contributed by atoms with Crippen LogP contribution >= 0.6 is 0 Å². The van der Waals surface area contributed by atoms with Gasteiger partial charge in [-0.2, -0.15) is 0 Å². The van der Waals surface area contributed by atoms with Crippen molar-refractivity contribution in [3.63, 3.8) is 0 Å². The predicted molar refractivity (Wildman–Crippen MR) is 111 cm³/mol. The molecule has 0 unspecified atom stereocenters. The molecule has 2 aliphatic rings. The van der Waals surface area contributed by atoms with Crippen LogP contribution in [0.2, 0.25) is 0 Å². The third kappa shape index (κ3) is 3.77. The fourth-order valence-electron chi connectivity index (χ4n) is 4.95. The van der Waals surface area contributed by atoms with E-state index in [1.165, 1.54) is 12.1 Å². The van der Waals surface area contributed by atoms with Crippen LogP contribution < -0.4 is 0 Å². The Bertz CT molecular complexity index is 964. The van der Waals surface area contributed by atoms with E-state index in [9.17, 15) is 19.1 Å². The van der Waals surface area contributed by atoms with E-state index in [2.05, 4.69) is 4.90 Å². The molecule has 2 aromatic rings. The molecule has 2 aromatic carbocycles. The van der Waals surface area contributed by atoms with Gasteiger partial charge < -0.3 is 14.9 Å². The van der Waals surface area contributed by atoms with Crippen molar-refractivity contribution in [2.75, 3.05) is 33.7 Å². The standard InChI is InChI=1S/C23H26FN3O3/c1-25(2)23(30)27-13-17-12-26(11-16-6-3-4-9-19(16)22(28)29)14-20(17)21(27)15-7-5-8-18(24)10-15/h3-10,17,20-21H,11-14H2,1-2H3,(H,28,29)/t17-,20-,21+/m1/s1. The van der Waals surface area contributed by atoms with Gasteiger partial charge in [0.15, 0.2) is 0 Å². The van der Waals surface area contributed by atoms with Crippen molar-refractivity contribution in [1.82, 2.24) is 14.7 Å². The maximum atomic E-state index is 14.0. The van der Waals surface area contributed by atoms with Crippen molar-refractivity contribution < 1.29 is 19.1 Å². The number of carbonyl (C=O) groups excluding carboxylic acids is 1. The van der Waals surface area contributed by atoms with Gasteiger partial charge in [0.05, 0.1) is 11.6 Å². The number of hydrogen-bond donors (Lipinski definition) is 1. The summed E-state index contributed by atoms with van der Waals surface area (Å²) in [6, 6.07) is 13.3. The van der Waals surface area contributed by atoms with Crippen LogP contribution in [0, 0.1) is 17.7 Å². The highest BCUT2D eigenvalue weighted by Gasteiger charge is 2.49. The molecule has 2 saturated heterocycles. The van der Waals surface area contributed by atoms with E-state index in [1.807, 2.05) is 23.1 Å². The van der Waals surface area contributed by atoms with E-state index in [1.54, 1.807) is 37.2 Å². The molecule has 30 heavy (non-hydrogen) atoms. The van der Waals surface area contributed by atoms with Gasteiger partial charge in [0.25, 0.3) is 0 Å². The highest BCUT2D eigenvalue weighted by atomic mass is 19.1. The van der Waals surface area contributed by atoms with Gasteiger partial charge in [0.1, 0.15) is 5.82 Å². The number of likely N-dealkylation sites (tertiary alicyclic amines) is 2. The molecule has 4 rings (SSSR count). The number of urea groups is 1. The van der Waals surface area contributed by atoms with E-state index < -0.39 is 5.97 Å². The summed E-state index contributed by atoms with van der Waals surface area (Å²) < 4.78 is 14.0. The van der Waals surface area contributed by atoms with Crippen molar-refractivity contribution in [3.05, 3.63) is 71.0 Å². The van der Waals surface area contributed by atoms with Crippen LogP contribution in [-0.4, -0.2) is 65.5 Å². The first-order valence-electron chi connectivity index (χ1n) is 10.1. The quantitative estimate of drug-likeness (QED) is 0.839. The van der Waals surface area contributed by atoms with Crippen molar-refractivity contribution in [3.8, 4) is 0 Å². The number of aromatic carboxylic acids is 1. The molecule has 2 heterocycles. The maximum Gasteiger partial charge on any atom is 0.336 e. The third-order valence-electron chi connectivity index (χ3n) is 6.20. The molecule has 0 aromatic heterocycles. The fourth-order valence-corrected chi connectivity index (χ4v) is 4.95. The summed E-state index contributed by atoms with van der Waals surface area (Å²) >= 11 is 0. The van der Waals surface area contributed by atoms with E-state index in [4.69, 9.17) is 0 Å². The highest BCUT2D eigenvalue weighted by molar-refractivity contribution is 5.89. The molecule has 6 nitrogen and oxygen atoms in total. The summed E-state index contributed by atoms with van der Waals surface area (Å²) in [5.74, 6) is -0.796. The molecule has 2 amide bonds. The van der Waals surface area contributed by atoms with Gasteiger partial charge in [-0.3, -0.25) is 4.90 Å². The summed E-state index contributed by atoms with van der Waals surface area (Å²) in [5, 5.41) is 9.46. The zero-order valence-electron chi connectivity index (χ0n) is 17.2. The Kier molecular flexibility index (Phi) is 5.47. The number of fused-ring (bicyclic) bond motifs is 1. The van der Waals surface area contributed by atoms with E-state index in [0.717, 1.165) is 24.2 Å². The second-order valence-corrected chi connectivity index (χ2v) is 8.41. The number of rotatable bonds is 4. The van der Waals surface area contributed by atoms with Crippen molar-refractivity contribution >= 4 is 12.0 Å². The molecule has 0 aliphatic carbocycles. The molecular formula is C23H26FN3O3. The van der Waals surface area contributed by atoms with Crippen LogP contribution in [0.5, 0.6) is 0 Å². The Hall–Kier alpha value is -2.93. The lowest BCUT2D eigenvalue weighted by molar-refractivity contribution is 0.0694. The monoisotopic (exact) mass is 411 g/mol. The highest BCUT2D eigenvalue weighted by Crippen LogP contribution is 2.45. The Balaban J connectivity index is 1.59. The number of hydrogen-bond acceptors (Lipinski definition) is 3. The first kappa shape index (κ1) is 20.3. The summed E-state index contributed by atoms with van der Waals surface area (Å²) in [7, 11) is 3.46. The van der Waals surface area contributed by atoms with Crippen molar-refractivity contribution in [1.29, 1.82) is 0 Å². The summed E-state index contributed by atoms with van der Waals surface area (Å²) in [6.07, 6.45) is 0. The average Bonchev–Trinajstić information content (AvgIpc) is 3.24. The largest absolute Gasteiger partial charge is 0.478 e. The predicted octanol–water partition coefficient (Wildman–Crippen LogP) is 3.31. The Morgan fingerprint density at radius 2 is 1.87 bits per heavy atom. The Morgan fingerprint density at radius 3 is 2.57 bits per heavy atom. The molecular weight excluding hydrogens is 385 g/mol. The molecule has 2 fully saturated rings. The average molecular weight is 411 g/mol. The van der Waals surface area contributed by atoms with Crippen molar-refractivity contribution in [2.24, 2.45) is 11.8 Å². The first-order valence-corrected chi connectivity index (χ1v) is 10.1. The number of nitrogens with zero attached hydrogens (tertiary/aromatic N) is 3. The molecule has 158 valence electrons. The van der Waals surface area contributed by atoms with E-state index in [0.29, 0.717) is 18.7 Å². The molecule has 3 atom stereocenters.